The molecular weight excluding hydrogens is 153 g/mol. The van der Waals surface area contributed by atoms with Gasteiger partial charge in [-0.1, -0.05) is 12.2 Å². The number of alkyl halides is 1. The highest BCUT2D eigenvalue weighted by Crippen LogP contribution is 2.24. The molecule has 1 nitrogen and oxygen atoms in total. The zero-order valence-electron chi connectivity index (χ0n) is 6.70. The third-order valence-corrected chi connectivity index (χ3v) is 2.04. The van der Waals surface area contributed by atoms with Gasteiger partial charge in [0.1, 0.15) is 6.67 Å². The maximum absolute atomic E-state index is 12.5. The second kappa shape index (κ2) is 2.97. The topological polar surface area (TPSA) is 3.24 Å². The van der Waals surface area contributed by atoms with Gasteiger partial charge >= 0.3 is 0 Å². The van der Waals surface area contributed by atoms with E-state index in [9.17, 15) is 4.39 Å². The van der Waals surface area contributed by atoms with Crippen LogP contribution in [-0.2, 0) is 0 Å². The Balaban J connectivity index is 2.37. The number of nitrogens with zero attached hydrogens (tertiary/aromatic N) is 1. The quantitative estimate of drug-likeness (QED) is 0.574. The van der Waals surface area contributed by atoms with Gasteiger partial charge in [0.15, 0.2) is 0 Å². The molecule has 0 unspecified atom stereocenters. The molecule has 0 N–H and O–H groups in total. The summed E-state index contributed by atoms with van der Waals surface area (Å²) in [5, 5.41) is 0. The molecule has 0 amide bonds. The van der Waals surface area contributed by atoms with E-state index in [0.717, 1.165) is 17.7 Å². The van der Waals surface area contributed by atoms with E-state index in [1.54, 1.807) is 0 Å². The van der Waals surface area contributed by atoms with Crippen LogP contribution in [0, 0.1) is 0 Å². The third kappa shape index (κ3) is 1.09. The van der Waals surface area contributed by atoms with Gasteiger partial charge in [0.25, 0.3) is 0 Å². The van der Waals surface area contributed by atoms with Crippen LogP contribution in [0.1, 0.15) is 6.42 Å². The van der Waals surface area contributed by atoms with E-state index in [-0.39, 0.29) is 6.67 Å². The standard InChI is InChI=1S/C10H10FN/c11-8-9-4-3-7-12-6-2-1-5-10(9)12/h1-3,5-7H,4,8H2. The van der Waals surface area contributed by atoms with Gasteiger partial charge in [-0.25, -0.2) is 4.39 Å². The number of rotatable bonds is 1. The van der Waals surface area contributed by atoms with E-state index >= 15 is 0 Å². The molecule has 0 aromatic rings. The Morgan fingerprint density at radius 2 is 2.25 bits per heavy atom. The summed E-state index contributed by atoms with van der Waals surface area (Å²) in [7, 11) is 0. The molecule has 0 fully saturated rings. The van der Waals surface area contributed by atoms with Crippen molar-refractivity contribution in [1.29, 1.82) is 0 Å². The Morgan fingerprint density at radius 1 is 1.33 bits per heavy atom. The van der Waals surface area contributed by atoms with Crippen molar-refractivity contribution in [3.8, 4) is 0 Å². The first kappa shape index (κ1) is 7.35. The lowest BCUT2D eigenvalue weighted by Gasteiger charge is -2.25. The smallest absolute Gasteiger partial charge is 0.113 e. The average Bonchev–Trinajstić information content (AvgIpc) is 2.17. The molecule has 2 aliphatic heterocycles. The van der Waals surface area contributed by atoms with E-state index in [1.165, 1.54) is 0 Å². The van der Waals surface area contributed by atoms with Crippen LogP contribution in [0.4, 0.5) is 4.39 Å². The van der Waals surface area contributed by atoms with Crippen molar-refractivity contribution >= 4 is 0 Å². The maximum Gasteiger partial charge on any atom is 0.113 e. The van der Waals surface area contributed by atoms with Gasteiger partial charge in [0, 0.05) is 18.1 Å². The van der Waals surface area contributed by atoms with Gasteiger partial charge in [-0.2, -0.15) is 0 Å². The van der Waals surface area contributed by atoms with Gasteiger partial charge in [-0.05, 0) is 24.1 Å². The Labute approximate surface area is 71.2 Å². The molecule has 0 atom stereocenters. The minimum Gasteiger partial charge on any atom is -0.324 e. The molecule has 0 saturated heterocycles. The lowest BCUT2D eigenvalue weighted by Crippen LogP contribution is -2.15. The van der Waals surface area contributed by atoms with Crippen LogP contribution in [0.5, 0.6) is 0 Å². The molecule has 2 heterocycles. The molecule has 12 heavy (non-hydrogen) atoms. The number of hydrogen-bond donors (Lipinski definition) is 0. The molecule has 0 aromatic heterocycles. The van der Waals surface area contributed by atoms with E-state index in [1.807, 2.05) is 41.6 Å². The van der Waals surface area contributed by atoms with Crippen molar-refractivity contribution in [2.75, 3.05) is 6.67 Å². The first-order valence-electron chi connectivity index (χ1n) is 3.99. The summed E-state index contributed by atoms with van der Waals surface area (Å²) in [5.41, 5.74) is 1.85. The lowest BCUT2D eigenvalue weighted by molar-refractivity contribution is 0.511. The van der Waals surface area contributed by atoms with Gasteiger partial charge in [0.05, 0.1) is 0 Å². The monoisotopic (exact) mass is 163 g/mol. The maximum atomic E-state index is 12.5. The van der Waals surface area contributed by atoms with Crippen molar-refractivity contribution in [3.63, 3.8) is 0 Å². The molecule has 2 rings (SSSR count). The summed E-state index contributed by atoms with van der Waals surface area (Å²) >= 11 is 0. The molecule has 62 valence electrons. The summed E-state index contributed by atoms with van der Waals surface area (Å²) in [6.45, 7) is -0.353. The number of halogens is 1. The van der Waals surface area contributed by atoms with E-state index in [0.29, 0.717) is 0 Å². The fraction of sp³-hybridized carbons (Fsp3) is 0.200. The highest BCUT2D eigenvalue weighted by Gasteiger charge is 2.12. The van der Waals surface area contributed by atoms with Crippen LogP contribution in [0.2, 0.25) is 0 Å². The average molecular weight is 163 g/mol. The van der Waals surface area contributed by atoms with Crippen LogP contribution < -0.4 is 0 Å². The highest BCUT2D eigenvalue weighted by atomic mass is 19.1. The van der Waals surface area contributed by atoms with E-state index in [2.05, 4.69) is 0 Å². The minimum absolute atomic E-state index is 0.353. The van der Waals surface area contributed by atoms with Crippen LogP contribution in [0.25, 0.3) is 0 Å². The Hall–Kier alpha value is -1.31. The van der Waals surface area contributed by atoms with E-state index < -0.39 is 0 Å². The Kier molecular flexibility index (Phi) is 1.82. The van der Waals surface area contributed by atoms with Crippen LogP contribution in [0.3, 0.4) is 0 Å². The molecule has 0 spiro atoms. The van der Waals surface area contributed by atoms with Gasteiger partial charge < -0.3 is 4.90 Å². The summed E-state index contributed by atoms with van der Waals surface area (Å²) in [5.74, 6) is 0. The zero-order valence-corrected chi connectivity index (χ0v) is 6.70. The Bertz CT molecular complexity index is 297. The second-order valence-corrected chi connectivity index (χ2v) is 2.82. The Morgan fingerprint density at radius 3 is 3.08 bits per heavy atom. The fourth-order valence-electron chi connectivity index (χ4n) is 1.42. The van der Waals surface area contributed by atoms with Crippen LogP contribution in [-0.4, -0.2) is 11.6 Å². The molecule has 0 bridgehead atoms. The highest BCUT2D eigenvalue weighted by molar-refractivity contribution is 5.37. The fourth-order valence-corrected chi connectivity index (χ4v) is 1.42. The lowest BCUT2D eigenvalue weighted by atomic mass is 10.1. The van der Waals surface area contributed by atoms with E-state index in [4.69, 9.17) is 0 Å². The number of allylic oxidation sites excluding steroid dienone is 5. The van der Waals surface area contributed by atoms with Crippen molar-refractivity contribution < 1.29 is 4.39 Å². The normalized spacial score (nSPS) is 20.2. The first-order chi connectivity index (χ1) is 5.92. The predicted octanol–water partition coefficient (Wildman–Crippen LogP) is 2.51. The van der Waals surface area contributed by atoms with Crippen molar-refractivity contribution in [2.45, 2.75) is 6.42 Å². The summed E-state index contributed by atoms with van der Waals surface area (Å²) in [6.07, 6.45) is 12.4. The molecule has 0 aromatic carbocycles. The van der Waals surface area contributed by atoms with Gasteiger partial charge in [0.2, 0.25) is 0 Å². The minimum atomic E-state index is -0.353. The SMILES string of the molecule is FCC1=C2C=CC=CN2C=CC1. The largest absolute Gasteiger partial charge is 0.324 e. The number of fused-ring (bicyclic) bond motifs is 1. The molecule has 0 radical (unpaired) electrons. The molecule has 2 aliphatic rings. The molecule has 0 aliphatic carbocycles. The van der Waals surface area contributed by atoms with Gasteiger partial charge in [-0.3, -0.25) is 0 Å². The first-order valence-corrected chi connectivity index (χ1v) is 3.99. The van der Waals surface area contributed by atoms with Crippen molar-refractivity contribution in [3.05, 3.63) is 48.0 Å². The molecule has 0 saturated carbocycles. The van der Waals surface area contributed by atoms with Crippen LogP contribution in [0.15, 0.2) is 48.0 Å². The predicted molar refractivity (Wildman–Crippen MR) is 46.9 cm³/mol. The molecular formula is C10H10FN. The second-order valence-electron chi connectivity index (χ2n) is 2.82. The summed E-state index contributed by atoms with van der Waals surface area (Å²) < 4.78 is 12.5. The van der Waals surface area contributed by atoms with Crippen LogP contribution >= 0.6 is 0 Å². The zero-order chi connectivity index (χ0) is 8.39. The van der Waals surface area contributed by atoms with Crippen molar-refractivity contribution in [1.82, 2.24) is 4.90 Å². The summed E-state index contributed by atoms with van der Waals surface area (Å²) in [6, 6.07) is 0. The third-order valence-electron chi connectivity index (χ3n) is 2.04. The van der Waals surface area contributed by atoms with Crippen molar-refractivity contribution in [2.24, 2.45) is 0 Å². The summed E-state index contributed by atoms with van der Waals surface area (Å²) in [4.78, 5) is 1.94. The molecule has 2 heteroatoms. The number of hydrogen-bond acceptors (Lipinski definition) is 1. The van der Waals surface area contributed by atoms with Gasteiger partial charge in [-0.15, -0.1) is 0 Å².